The first-order valence-electron chi connectivity index (χ1n) is 7.43. The maximum absolute atomic E-state index is 14.2. The zero-order valence-electron chi connectivity index (χ0n) is 13.3. The summed E-state index contributed by atoms with van der Waals surface area (Å²) in [6.07, 6.45) is 5.23. The molecule has 2 heterocycles. The molecule has 8 heteroatoms. The van der Waals surface area contributed by atoms with Crippen LogP contribution in [0.1, 0.15) is 11.3 Å². The van der Waals surface area contributed by atoms with Crippen molar-refractivity contribution in [2.75, 3.05) is 6.86 Å². The quantitative estimate of drug-likeness (QED) is 0.709. The van der Waals surface area contributed by atoms with Crippen molar-refractivity contribution in [3.8, 4) is 22.9 Å². The summed E-state index contributed by atoms with van der Waals surface area (Å²) in [7, 11) is 0. The average Bonchev–Trinajstić information content (AvgIpc) is 2.69. The molecule has 0 amide bonds. The molecule has 0 radical (unpaired) electrons. The number of pyridine rings is 1. The Morgan fingerprint density at radius 2 is 1.92 bits per heavy atom. The molecule has 0 aliphatic rings. The lowest BCUT2D eigenvalue weighted by molar-refractivity contribution is 0.137. The van der Waals surface area contributed by atoms with Crippen LogP contribution in [0, 0.1) is 17.1 Å². The lowest BCUT2D eigenvalue weighted by atomic mass is 9.93. The normalized spacial score (nSPS) is 12.8. The van der Waals surface area contributed by atoms with Crippen molar-refractivity contribution in [3.05, 3.63) is 72.3 Å². The van der Waals surface area contributed by atoms with Crippen LogP contribution in [0.15, 0.2) is 55.2 Å². The van der Waals surface area contributed by atoms with E-state index in [0.717, 1.165) is 6.07 Å². The number of benzene rings is 1. The van der Waals surface area contributed by atoms with E-state index in [1.807, 2.05) is 0 Å². The molecule has 3 aromatic rings. The number of aliphatic hydroxyl groups is 1. The van der Waals surface area contributed by atoms with E-state index in [2.05, 4.69) is 19.7 Å². The summed E-state index contributed by atoms with van der Waals surface area (Å²) < 4.78 is 30.9. The van der Waals surface area contributed by atoms with Gasteiger partial charge in [0.2, 0.25) is 12.5 Å². The Morgan fingerprint density at radius 1 is 1.15 bits per heavy atom. The van der Waals surface area contributed by atoms with E-state index in [0.29, 0.717) is 5.56 Å². The van der Waals surface area contributed by atoms with Crippen molar-refractivity contribution >= 4 is 0 Å². The van der Waals surface area contributed by atoms with Crippen molar-refractivity contribution in [2.45, 2.75) is 5.60 Å². The number of ether oxygens (including phenoxy) is 1. The van der Waals surface area contributed by atoms with Gasteiger partial charge in [-0.1, -0.05) is 6.07 Å². The Labute approximate surface area is 147 Å². The number of rotatable bonds is 5. The van der Waals surface area contributed by atoms with Crippen molar-refractivity contribution in [2.24, 2.45) is 0 Å². The molecule has 1 aromatic carbocycles. The second kappa shape index (κ2) is 7.21. The maximum atomic E-state index is 14.2. The van der Waals surface area contributed by atoms with Gasteiger partial charge in [0.25, 0.3) is 0 Å². The van der Waals surface area contributed by atoms with E-state index >= 15 is 0 Å². The largest absolute Gasteiger partial charge is 0.463 e. The maximum Gasteiger partial charge on any atom is 0.228 e. The summed E-state index contributed by atoms with van der Waals surface area (Å²) in [4.78, 5) is 11.7. The van der Waals surface area contributed by atoms with Crippen LogP contribution in [0.3, 0.4) is 0 Å². The van der Waals surface area contributed by atoms with Gasteiger partial charge >= 0.3 is 0 Å². The molecule has 0 bridgehead atoms. The van der Waals surface area contributed by atoms with E-state index in [1.165, 1.54) is 49.2 Å². The van der Waals surface area contributed by atoms with Gasteiger partial charge in [0.1, 0.15) is 24.0 Å². The Hall–Kier alpha value is -3.44. The second-order valence-electron chi connectivity index (χ2n) is 5.28. The molecule has 0 saturated carbocycles. The Bertz CT molecular complexity index is 946. The van der Waals surface area contributed by atoms with Gasteiger partial charge in [-0.05, 0) is 18.2 Å². The molecule has 1 atom stereocenters. The van der Waals surface area contributed by atoms with E-state index in [9.17, 15) is 19.1 Å². The molecule has 0 aliphatic carbocycles. The first kappa shape index (κ1) is 17.4. The molecule has 0 fully saturated rings. The minimum Gasteiger partial charge on any atom is -0.463 e. The highest BCUT2D eigenvalue weighted by atomic mass is 19.1. The number of alkyl halides is 1. The highest BCUT2D eigenvalue weighted by molar-refractivity contribution is 5.64. The molecule has 0 saturated heterocycles. The molecule has 1 unspecified atom stereocenters. The second-order valence-corrected chi connectivity index (χ2v) is 5.28. The van der Waals surface area contributed by atoms with Gasteiger partial charge in [-0.2, -0.15) is 5.26 Å². The fraction of sp³-hybridized carbons (Fsp3) is 0.111. The Kier molecular flexibility index (Phi) is 4.82. The van der Waals surface area contributed by atoms with E-state index in [-0.39, 0.29) is 22.6 Å². The third-order valence-electron chi connectivity index (χ3n) is 3.75. The summed E-state index contributed by atoms with van der Waals surface area (Å²) >= 11 is 0. The summed E-state index contributed by atoms with van der Waals surface area (Å²) in [5, 5.41) is 20.0. The molecule has 6 nitrogen and oxygen atoms in total. The number of nitriles is 1. The number of aromatic nitrogens is 3. The summed E-state index contributed by atoms with van der Waals surface area (Å²) in [6, 6.07) is 8.64. The van der Waals surface area contributed by atoms with Crippen LogP contribution in [0.25, 0.3) is 11.1 Å². The van der Waals surface area contributed by atoms with Crippen LogP contribution < -0.4 is 4.74 Å². The highest BCUT2D eigenvalue weighted by Crippen LogP contribution is 2.30. The number of hydrogen-bond acceptors (Lipinski definition) is 6. The van der Waals surface area contributed by atoms with E-state index < -0.39 is 18.3 Å². The third kappa shape index (κ3) is 3.20. The SMILES string of the molecule is N#CC(O)(c1cncnc1)c1ccc(-c2ccc(OCF)cc2F)cn1. The number of nitrogens with zero attached hydrogens (tertiary/aromatic N) is 4. The van der Waals surface area contributed by atoms with Crippen LogP contribution >= 0.6 is 0 Å². The molecule has 2 aromatic heterocycles. The van der Waals surface area contributed by atoms with E-state index in [4.69, 9.17) is 0 Å². The third-order valence-corrected chi connectivity index (χ3v) is 3.75. The van der Waals surface area contributed by atoms with Gasteiger partial charge in [0, 0.05) is 41.3 Å². The lowest BCUT2D eigenvalue weighted by Gasteiger charge is -2.19. The van der Waals surface area contributed by atoms with Crippen molar-refractivity contribution in [1.82, 2.24) is 15.0 Å². The van der Waals surface area contributed by atoms with Crippen molar-refractivity contribution < 1.29 is 18.6 Å². The summed E-state index contributed by atoms with van der Waals surface area (Å²) in [6.45, 7) is -1.05. The Morgan fingerprint density at radius 3 is 2.50 bits per heavy atom. The minimum atomic E-state index is -2.03. The molecule has 0 aliphatic heterocycles. The summed E-state index contributed by atoms with van der Waals surface area (Å²) in [5.41, 5.74) is -1.17. The fourth-order valence-electron chi connectivity index (χ4n) is 2.41. The molecular formula is C18H12F2N4O2. The van der Waals surface area contributed by atoms with Crippen molar-refractivity contribution in [1.29, 1.82) is 5.26 Å². The van der Waals surface area contributed by atoms with Gasteiger partial charge < -0.3 is 9.84 Å². The predicted molar refractivity (Wildman–Crippen MR) is 86.9 cm³/mol. The monoisotopic (exact) mass is 354 g/mol. The Balaban J connectivity index is 1.95. The topological polar surface area (TPSA) is 91.9 Å². The lowest BCUT2D eigenvalue weighted by Crippen LogP contribution is -2.26. The zero-order chi connectivity index (χ0) is 18.6. The van der Waals surface area contributed by atoms with Crippen LogP contribution in [0.4, 0.5) is 8.78 Å². The van der Waals surface area contributed by atoms with Crippen LogP contribution in [0.5, 0.6) is 5.75 Å². The standard InChI is InChI=1S/C18H12F2N4O2/c19-10-26-14-2-3-15(16(20)5-14)12-1-4-17(24-6-12)18(25,9-21)13-7-22-11-23-8-13/h1-8,11,25H,10H2. The molecule has 1 N–H and O–H groups in total. The number of hydrogen-bond donors (Lipinski definition) is 1. The highest BCUT2D eigenvalue weighted by Gasteiger charge is 2.34. The van der Waals surface area contributed by atoms with Gasteiger partial charge in [0.15, 0.2) is 0 Å². The number of halogens is 2. The smallest absolute Gasteiger partial charge is 0.228 e. The first-order chi connectivity index (χ1) is 12.6. The van der Waals surface area contributed by atoms with Crippen LogP contribution in [0.2, 0.25) is 0 Å². The van der Waals surface area contributed by atoms with Gasteiger partial charge in [-0.25, -0.2) is 18.7 Å². The molecule has 0 spiro atoms. The van der Waals surface area contributed by atoms with Gasteiger partial charge in [0.05, 0.1) is 5.69 Å². The van der Waals surface area contributed by atoms with Crippen molar-refractivity contribution in [3.63, 3.8) is 0 Å². The molecule has 130 valence electrons. The minimum absolute atomic E-state index is 0.0522. The average molecular weight is 354 g/mol. The summed E-state index contributed by atoms with van der Waals surface area (Å²) in [5.74, 6) is -0.543. The molecule has 3 rings (SSSR count). The zero-order valence-corrected chi connectivity index (χ0v) is 13.3. The molecule has 26 heavy (non-hydrogen) atoms. The first-order valence-corrected chi connectivity index (χ1v) is 7.43. The molecular weight excluding hydrogens is 342 g/mol. The van der Waals surface area contributed by atoms with Gasteiger partial charge in [-0.15, -0.1) is 0 Å². The van der Waals surface area contributed by atoms with Crippen LogP contribution in [-0.2, 0) is 5.60 Å². The predicted octanol–water partition coefficient (Wildman–Crippen LogP) is 2.74. The van der Waals surface area contributed by atoms with E-state index in [1.54, 1.807) is 6.07 Å². The van der Waals surface area contributed by atoms with Gasteiger partial charge in [-0.3, -0.25) is 4.98 Å². The van der Waals surface area contributed by atoms with Crippen LogP contribution in [-0.4, -0.2) is 26.9 Å². The fourth-order valence-corrected chi connectivity index (χ4v) is 2.41.